The molecule has 0 unspecified atom stereocenters. The van der Waals surface area contributed by atoms with Gasteiger partial charge < -0.3 is 10.1 Å². The molecule has 1 saturated heterocycles. The summed E-state index contributed by atoms with van der Waals surface area (Å²) in [4.78, 5) is 39.6. The molecule has 174 valence electrons. The van der Waals surface area contributed by atoms with Crippen molar-refractivity contribution in [3.8, 4) is 5.75 Å². The zero-order valence-electron chi connectivity index (χ0n) is 19.0. The average Bonchev–Trinajstić information content (AvgIpc) is 3.12. The Balaban J connectivity index is 1.39. The van der Waals surface area contributed by atoms with Crippen LogP contribution in [-0.4, -0.2) is 35.1 Å². The number of thioether (sulfide) groups is 1. The Morgan fingerprint density at radius 1 is 0.943 bits per heavy atom. The number of anilines is 1. The molecule has 1 fully saturated rings. The van der Waals surface area contributed by atoms with Gasteiger partial charge in [0.1, 0.15) is 12.3 Å². The van der Waals surface area contributed by atoms with Crippen molar-refractivity contribution in [3.05, 3.63) is 89.3 Å². The van der Waals surface area contributed by atoms with Crippen LogP contribution in [-0.2, 0) is 9.59 Å². The van der Waals surface area contributed by atoms with Gasteiger partial charge in [-0.3, -0.25) is 19.3 Å². The molecule has 35 heavy (non-hydrogen) atoms. The molecule has 4 aromatic rings. The minimum absolute atomic E-state index is 0.297. The number of nitrogens with zero attached hydrogens (tertiary/aromatic N) is 1. The van der Waals surface area contributed by atoms with Gasteiger partial charge in [0.25, 0.3) is 11.1 Å². The molecule has 0 bridgehead atoms. The van der Waals surface area contributed by atoms with E-state index in [1.54, 1.807) is 30.3 Å². The Labute approximate surface area is 206 Å². The first-order valence-electron chi connectivity index (χ1n) is 11.2. The van der Waals surface area contributed by atoms with E-state index in [0.29, 0.717) is 22.9 Å². The molecular formula is C28H22N2O4S. The van der Waals surface area contributed by atoms with Crippen molar-refractivity contribution < 1.29 is 19.1 Å². The number of hydrogen-bond acceptors (Lipinski definition) is 5. The minimum Gasteiger partial charge on any atom is -0.494 e. The number of benzene rings is 4. The predicted octanol–water partition coefficient (Wildman–Crippen LogP) is 6.07. The number of hydrogen-bond donors (Lipinski definition) is 1. The summed E-state index contributed by atoms with van der Waals surface area (Å²) >= 11 is 0.851. The van der Waals surface area contributed by atoms with Gasteiger partial charge in [-0.1, -0.05) is 48.5 Å². The molecule has 1 heterocycles. The van der Waals surface area contributed by atoms with Crippen molar-refractivity contribution in [2.24, 2.45) is 0 Å². The topological polar surface area (TPSA) is 75.7 Å². The van der Waals surface area contributed by atoms with Gasteiger partial charge in [-0.15, -0.1) is 0 Å². The lowest BCUT2D eigenvalue weighted by Crippen LogP contribution is -2.36. The maximum atomic E-state index is 13.1. The molecule has 7 heteroatoms. The summed E-state index contributed by atoms with van der Waals surface area (Å²) in [5.74, 6) is -0.227. The Morgan fingerprint density at radius 2 is 1.57 bits per heavy atom. The van der Waals surface area contributed by atoms with Crippen molar-refractivity contribution in [1.82, 2.24) is 4.90 Å². The first-order chi connectivity index (χ1) is 17.0. The Bertz CT molecular complexity index is 1440. The van der Waals surface area contributed by atoms with Crippen LogP contribution in [0.15, 0.2) is 83.8 Å². The monoisotopic (exact) mass is 482 g/mol. The van der Waals surface area contributed by atoms with Crippen LogP contribution in [0.25, 0.3) is 27.6 Å². The maximum absolute atomic E-state index is 13.1. The fraction of sp³-hybridized carbons (Fsp3) is 0.107. The molecule has 0 aromatic heterocycles. The van der Waals surface area contributed by atoms with E-state index in [4.69, 9.17) is 4.74 Å². The second-order valence-electron chi connectivity index (χ2n) is 8.01. The minimum atomic E-state index is -0.473. The fourth-order valence-electron chi connectivity index (χ4n) is 4.12. The number of imide groups is 1. The molecule has 3 amide bonds. The first kappa shape index (κ1) is 22.7. The molecule has 4 aromatic carbocycles. The molecule has 0 spiro atoms. The largest absolute Gasteiger partial charge is 0.494 e. The maximum Gasteiger partial charge on any atom is 0.294 e. The third kappa shape index (κ3) is 4.63. The number of carbonyl (C=O) groups excluding carboxylic acids is 3. The number of nitrogens with one attached hydrogen (secondary N) is 1. The molecule has 0 saturated carbocycles. The zero-order valence-corrected chi connectivity index (χ0v) is 19.8. The van der Waals surface area contributed by atoms with Gasteiger partial charge in [0.05, 0.1) is 11.5 Å². The summed E-state index contributed by atoms with van der Waals surface area (Å²) in [6.07, 6.45) is 1.76. The average molecular weight is 483 g/mol. The summed E-state index contributed by atoms with van der Waals surface area (Å²) in [6.45, 7) is 2.09. The lowest BCUT2D eigenvalue weighted by molar-refractivity contribution is -0.127. The van der Waals surface area contributed by atoms with Gasteiger partial charge in [0.2, 0.25) is 5.91 Å². The molecule has 1 aliphatic heterocycles. The molecule has 1 aliphatic rings. The van der Waals surface area contributed by atoms with E-state index in [0.717, 1.165) is 43.8 Å². The quantitative estimate of drug-likeness (QED) is 0.267. The third-order valence-corrected chi connectivity index (χ3v) is 6.62. The summed E-state index contributed by atoms with van der Waals surface area (Å²) in [7, 11) is 0. The summed E-state index contributed by atoms with van der Waals surface area (Å²) in [6, 6.07) is 24.9. The van der Waals surface area contributed by atoms with Crippen LogP contribution in [0.5, 0.6) is 5.75 Å². The van der Waals surface area contributed by atoms with Gasteiger partial charge in [0.15, 0.2) is 0 Å². The lowest BCUT2D eigenvalue weighted by atomic mass is 9.96. The second kappa shape index (κ2) is 9.64. The molecule has 0 aliphatic carbocycles. The van der Waals surface area contributed by atoms with E-state index in [2.05, 4.69) is 11.4 Å². The van der Waals surface area contributed by atoms with E-state index in [9.17, 15) is 14.4 Å². The summed E-state index contributed by atoms with van der Waals surface area (Å²) in [5.41, 5.74) is 1.44. The highest BCUT2D eigenvalue weighted by Gasteiger charge is 2.36. The molecule has 6 nitrogen and oxygen atoms in total. The first-order valence-corrected chi connectivity index (χ1v) is 12.0. The number of ether oxygens (including phenoxy) is 1. The highest BCUT2D eigenvalue weighted by Crippen LogP contribution is 2.36. The number of rotatable bonds is 6. The van der Waals surface area contributed by atoms with Crippen molar-refractivity contribution in [1.29, 1.82) is 0 Å². The third-order valence-electron chi connectivity index (χ3n) is 5.71. The van der Waals surface area contributed by atoms with Gasteiger partial charge >= 0.3 is 0 Å². The number of amides is 3. The van der Waals surface area contributed by atoms with Crippen LogP contribution in [0.2, 0.25) is 0 Å². The van der Waals surface area contributed by atoms with Crippen LogP contribution in [0.4, 0.5) is 10.5 Å². The van der Waals surface area contributed by atoms with Gasteiger partial charge in [-0.05, 0) is 82.2 Å². The van der Waals surface area contributed by atoms with Gasteiger partial charge in [-0.2, -0.15) is 0 Å². The van der Waals surface area contributed by atoms with E-state index in [1.165, 1.54) is 0 Å². The molecule has 1 N–H and O–H groups in total. The molecule has 0 radical (unpaired) electrons. The Morgan fingerprint density at radius 3 is 2.20 bits per heavy atom. The predicted molar refractivity (Wildman–Crippen MR) is 140 cm³/mol. The summed E-state index contributed by atoms with van der Waals surface area (Å²) in [5, 5.41) is 6.34. The van der Waals surface area contributed by atoms with Crippen LogP contribution in [0.1, 0.15) is 12.5 Å². The summed E-state index contributed by atoms with van der Waals surface area (Å²) < 4.78 is 5.40. The standard InChI is InChI=1S/C28H22N2O4S/c1-2-34-21-13-11-20(12-14-21)29-26(31)17-30-27(32)25(35-28(30)33)16-24-22-9-5-3-7-18(22)15-19-8-4-6-10-23(19)24/h3-16H,2,17H2,1H3,(H,29,31)/b25-16-. The Kier molecular flexibility index (Phi) is 6.25. The molecule has 0 atom stereocenters. The molecule has 5 rings (SSSR count). The highest BCUT2D eigenvalue weighted by atomic mass is 32.2. The van der Waals surface area contributed by atoms with Crippen LogP contribution in [0.3, 0.4) is 0 Å². The van der Waals surface area contributed by atoms with Crippen LogP contribution in [0, 0.1) is 0 Å². The zero-order chi connectivity index (χ0) is 24.4. The smallest absolute Gasteiger partial charge is 0.294 e. The number of carbonyl (C=O) groups is 3. The lowest BCUT2D eigenvalue weighted by Gasteiger charge is -2.13. The highest BCUT2D eigenvalue weighted by molar-refractivity contribution is 8.18. The van der Waals surface area contributed by atoms with Gasteiger partial charge in [-0.25, -0.2) is 0 Å². The van der Waals surface area contributed by atoms with E-state index < -0.39 is 17.1 Å². The number of fused-ring (bicyclic) bond motifs is 2. The van der Waals surface area contributed by atoms with E-state index in [1.807, 2.05) is 55.5 Å². The van der Waals surface area contributed by atoms with E-state index in [-0.39, 0.29) is 6.54 Å². The van der Waals surface area contributed by atoms with Crippen molar-refractivity contribution in [2.75, 3.05) is 18.5 Å². The van der Waals surface area contributed by atoms with Crippen molar-refractivity contribution in [3.63, 3.8) is 0 Å². The van der Waals surface area contributed by atoms with Crippen molar-refractivity contribution in [2.45, 2.75) is 6.92 Å². The SMILES string of the molecule is CCOc1ccc(NC(=O)CN2C(=O)S/C(=C\c3c4ccccc4cc4ccccc34)C2=O)cc1. The van der Waals surface area contributed by atoms with Crippen molar-refractivity contribution >= 4 is 62.1 Å². The van der Waals surface area contributed by atoms with E-state index >= 15 is 0 Å². The second-order valence-corrected chi connectivity index (χ2v) is 9.00. The fourth-order valence-corrected chi connectivity index (χ4v) is 4.94. The normalized spacial score (nSPS) is 14.8. The van der Waals surface area contributed by atoms with Crippen LogP contribution >= 0.6 is 11.8 Å². The van der Waals surface area contributed by atoms with Gasteiger partial charge in [0, 0.05) is 5.69 Å². The van der Waals surface area contributed by atoms with Crippen LogP contribution < -0.4 is 10.1 Å². The Hall–Kier alpha value is -4.10. The molecular weight excluding hydrogens is 460 g/mol.